The fourth-order valence-corrected chi connectivity index (χ4v) is 3.02. The highest BCUT2D eigenvalue weighted by atomic mass is 19.1. The Bertz CT molecular complexity index is 1050. The summed E-state index contributed by atoms with van der Waals surface area (Å²) in [5.74, 6) is -1.02. The number of ether oxygens (including phenoxy) is 3. The van der Waals surface area contributed by atoms with Crippen LogP contribution in [0, 0.1) is 5.82 Å². The molecule has 0 amide bonds. The number of aromatic nitrogens is 1. The molecule has 27 heavy (non-hydrogen) atoms. The summed E-state index contributed by atoms with van der Waals surface area (Å²) in [6.07, 6.45) is -0.0229. The lowest BCUT2D eigenvalue weighted by Gasteiger charge is -2.20. The van der Waals surface area contributed by atoms with Gasteiger partial charge in [0.15, 0.2) is 12.4 Å². The van der Waals surface area contributed by atoms with Gasteiger partial charge >= 0.3 is 11.7 Å². The van der Waals surface area contributed by atoms with Crippen molar-refractivity contribution in [1.29, 1.82) is 0 Å². The van der Waals surface area contributed by atoms with Crippen LogP contribution in [0.15, 0.2) is 45.6 Å². The second-order valence-corrected chi connectivity index (χ2v) is 6.06. The van der Waals surface area contributed by atoms with Crippen molar-refractivity contribution in [3.05, 3.63) is 63.9 Å². The van der Waals surface area contributed by atoms with Gasteiger partial charge in [-0.1, -0.05) is 12.1 Å². The molecule has 3 aromatic rings. The SMILES string of the molecule is O=C(CCn1c(=O)oc2ccccc21)OCc1cc(F)cc2c1OCOC2. The number of hydrogen-bond donors (Lipinski definition) is 0. The van der Waals surface area contributed by atoms with E-state index < -0.39 is 17.5 Å². The zero-order valence-corrected chi connectivity index (χ0v) is 14.3. The number of hydrogen-bond acceptors (Lipinski definition) is 6. The highest BCUT2D eigenvalue weighted by Gasteiger charge is 2.18. The normalized spacial score (nSPS) is 13.2. The van der Waals surface area contributed by atoms with E-state index in [0.717, 1.165) is 0 Å². The van der Waals surface area contributed by atoms with Gasteiger partial charge in [0, 0.05) is 17.7 Å². The summed E-state index contributed by atoms with van der Waals surface area (Å²) in [6, 6.07) is 9.56. The molecule has 0 saturated heterocycles. The third-order valence-electron chi connectivity index (χ3n) is 4.25. The van der Waals surface area contributed by atoms with E-state index in [1.807, 2.05) is 0 Å². The molecule has 2 aromatic carbocycles. The minimum absolute atomic E-state index is 0.0229. The molecule has 7 nitrogen and oxygen atoms in total. The van der Waals surface area contributed by atoms with Crippen LogP contribution in [0.2, 0.25) is 0 Å². The number of esters is 1. The molecule has 1 aromatic heterocycles. The third-order valence-corrected chi connectivity index (χ3v) is 4.25. The monoisotopic (exact) mass is 373 g/mol. The molecule has 0 fully saturated rings. The number of carbonyl (C=O) groups excluding carboxylic acids is 1. The van der Waals surface area contributed by atoms with Crippen molar-refractivity contribution >= 4 is 17.1 Å². The Morgan fingerprint density at radius 1 is 1.26 bits per heavy atom. The fourth-order valence-electron chi connectivity index (χ4n) is 3.02. The van der Waals surface area contributed by atoms with Gasteiger partial charge in [0.25, 0.3) is 0 Å². The molecule has 0 spiro atoms. The van der Waals surface area contributed by atoms with Gasteiger partial charge in [-0.05, 0) is 24.3 Å². The molecular weight excluding hydrogens is 357 g/mol. The highest BCUT2D eigenvalue weighted by Crippen LogP contribution is 2.30. The molecule has 1 aliphatic heterocycles. The van der Waals surface area contributed by atoms with Crippen LogP contribution in [0.1, 0.15) is 17.5 Å². The van der Waals surface area contributed by atoms with Gasteiger partial charge in [-0.2, -0.15) is 0 Å². The van der Waals surface area contributed by atoms with Crippen molar-refractivity contribution in [2.75, 3.05) is 6.79 Å². The molecule has 0 radical (unpaired) electrons. The van der Waals surface area contributed by atoms with Gasteiger partial charge in [0.05, 0.1) is 18.5 Å². The van der Waals surface area contributed by atoms with Crippen molar-refractivity contribution in [2.45, 2.75) is 26.2 Å². The van der Waals surface area contributed by atoms with Gasteiger partial charge in [-0.3, -0.25) is 9.36 Å². The maximum Gasteiger partial charge on any atom is 0.419 e. The van der Waals surface area contributed by atoms with E-state index in [2.05, 4.69) is 0 Å². The van der Waals surface area contributed by atoms with E-state index in [1.165, 1.54) is 16.7 Å². The average Bonchev–Trinajstić information content (AvgIpc) is 2.99. The number of fused-ring (bicyclic) bond motifs is 2. The van der Waals surface area contributed by atoms with Crippen LogP contribution in [0.3, 0.4) is 0 Å². The number of rotatable bonds is 5. The topological polar surface area (TPSA) is 79.9 Å². The van der Waals surface area contributed by atoms with E-state index in [0.29, 0.717) is 28.0 Å². The lowest BCUT2D eigenvalue weighted by Crippen LogP contribution is -2.18. The van der Waals surface area contributed by atoms with Crippen LogP contribution in [0.4, 0.5) is 4.39 Å². The van der Waals surface area contributed by atoms with Gasteiger partial charge in [-0.25, -0.2) is 9.18 Å². The molecule has 0 saturated carbocycles. The zero-order chi connectivity index (χ0) is 18.8. The predicted molar refractivity (Wildman–Crippen MR) is 91.6 cm³/mol. The van der Waals surface area contributed by atoms with Gasteiger partial charge in [0.2, 0.25) is 0 Å². The van der Waals surface area contributed by atoms with Crippen LogP contribution < -0.4 is 10.5 Å². The standard InChI is InChI=1S/C19H16FNO6/c20-14-7-12-9-24-11-26-18(12)13(8-14)10-25-17(22)5-6-21-15-3-1-2-4-16(15)27-19(21)23/h1-4,7-8H,5-6,9-11H2. The molecule has 0 N–H and O–H groups in total. The van der Waals surface area contributed by atoms with E-state index >= 15 is 0 Å². The molecule has 0 unspecified atom stereocenters. The smallest absolute Gasteiger partial charge is 0.419 e. The second-order valence-electron chi connectivity index (χ2n) is 6.06. The van der Waals surface area contributed by atoms with E-state index in [1.54, 1.807) is 24.3 Å². The van der Waals surface area contributed by atoms with Crippen LogP contribution in [0.5, 0.6) is 5.75 Å². The zero-order valence-electron chi connectivity index (χ0n) is 14.3. The summed E-state index contributed by atoms with van der Waals surface area (Å²) < 4.78 is 35.9. The number of carbonyl (C=O) groups is 1. The van der Waals surface area contributed by atoms with Crippen LogP contribution in [-0.2, 0) is 34.0 Å². The number of halogens is 1. The molecule has 8 heteroatoms. The average molecular weight is 373 g/mol. The number of benzene rings is 2. The molecule has 2 heterocycles. The molecule has 0 bridgehead atoms. The second kappa shape index (κ2) is 7.24. The molecule has 140 valence electrons. The summed E-state index contributed by atoms with van der Waals surface area (Å²) in [5.41, 5.74) is 2.08. The minimum Gasteiger partial charge on any atom is -0.467 e. The first-order valence-electron chi connectivity index (χ1n) is 8.37. The Labute approximate surface area is 152 Å². The van der Waals surface area contributed by atoms with Crippen LogP contribution >= 0.6 is 0 Å². The van der Waals surface area contributed by atoms with Crippen molar-refractivity contribution in [1.82, 2.24) is 4.57 Å². The van der Waals surface area contributed by atoms with E-state index in [9.17, 15) is 14.0 Å². The maximum absolute atomic E-state index is 13.7. The summed E-state index contributed by atoms with van der Waals surface area (Å²) >= 11 is 0. The summed E-state index contributed by atoms with van der Waals surface area (Å²) in [6.45, 7) is 0.306. The third kappa shape index (κ3) is 3.56. The van der Waals surface area contributed by atoms with Crippen LogP contribution in [0.25, 0.3) is 11.1 Å². The molecule has 4 rings (SSSR count). The lowest BCUT2D eigenvalue weighted by atomic mass is 10.1. The first kappa shape index (κ1) is 17.3. The lowest BCUT2D eigenvalue weighted by molar-refractivity contribution is -0.145. The first-order chi connectivity index (χ1) is 13.1. The van der Waals surface area contributed by atoms with E-state index in [-0.39, 0.29) is 33.0 Å². The van der Waals surface area contributed by atoms with Gasteiger partial charge < -0.3 is 18.6 Å². The largest absolute Gasteiger partial charge is 0.467 e. The fraction of sp³-hybridized carbons (Fsp3) is 0.263. The Kier molecular flexibility index (Phi) is 4.64. The number of para-hydroxylation sites is 2. The summed E-state index contributed by atoms with van der Waals surface area (Å²) in [5, 5.41) is 0. The number of nitrogens with zero attached hydrogens (tertiary/aromatic N) is 1. The molecule has 1 aliphatic rings. The van der Waals surface area contributed by atoms with E-state index in [4.69, 9.17) is 18.6 Å². The number of oxazole rings is 1. The van der Waals surface area contributed by atoms with Crippen molar-refractivity contribution < 1.29 is 27.8 Å². The van der Waals surface area contributed by atoms with Gasteiger partial charge in [0.1, 0.15) is 18.2 Å². The van der Waals surface area contributed by atoms with Crippen molar-refractivity contribution in [3.8, 4) is 5.75 Å². The van der Waals surface area contributed by atoms with Crippen molar-refractivity contribution in [3.63, 3.8) is 0 Å². The summed E-state index contributed by atoms with van der Waals surface area (Å²) in [7, 11) is 0. The highest BCUT2D eigenvalue weighted by molar-refractivity contribution is 5.73. The molecule has 0 aliphatic carbocycles. The number of aryl methyl sites for hydroxylation is 1. The van der Waals surface area contributed by atoms with Crippen LogP contribution in [-0.4, -0.2) is 17.3 Å². The van der Waals surface area contributed by atoms with Crippen molar-refractivity contribution in [2.24, 2.45) is 0 Å². The Morgan fingerprint density at radius 2 is 2.11 bits per heavy atom. The summed E-state index contributed by atoms with van der Waals surface area (Å²) in [4.78, 5) is 24.0. The minimum atomic E-state index is -0.531. The maximum atomic E-state index is 13.7. The van der Waals surface area contributed by atoms with Gasteiger partial charge in [-0.15, -0.1) is 0 Å². The Morgan fingerprint density at radius 3 is 3.00 bits per heavy atom. The Hall–Kier alpha value is -3.13. The predicted octanol–water partition coefficient (Wildman–Crippen LogP) is 2.73. The Balaban J connectivity index is 1.41. The quantitative estimate of drug-likeness (QED) is 0.640. The molecule has 0 atom stereocenters. The molecular formula is C19H16FNO6. The first-order valence-corrected chi connectivity index (χ1v) is 8.37.